The van der Waals surface area contributed by atoms with E-state index in [-0.39, 0.29) is 11.8 Å². The van der Waals surface area contributed by atoms with Crippen molar-refractivity contribution < 1.29 is 9.53 Å². The molecular weight excluding hydrogens is 388 g/mol. The predicted molar refractivity (Wildman–Crippen MR) is 117 cm³/mol. The van der Waals surface area contributed by atoms with Gasteiger partial charge in [0.25, 0.3) is 5.91 Å². The molecule has 4 heterocycles. The zero-order chi connectivity index (χ0) is 21.1. The number of hydrogen-bond donors (Lipinski definition) is 0. The van der Waals surface area contributed by atoms with Crippen molar-refractivity contribution in [2.24, 2.45) is 0 Å². The van der Waals surface area contributed by atoms with Crippen LogP contribution in [0, 0.1) is 0 Å². The van der Waals surface area contributed by atoms with Gasteiger partial charge in [0.15, 0.2) is 5.60 Å². The van der Waals surface area contributed by atoms with E-state index in [1.165, 1.54) is 0 Å². The highest BCUT2D eigenvalue weighted by atomic mass is 16.5. The minimum Gasteiger partial charge on any atom is -0.361 e. The Morgan fingerprint density at radius 3 is 2.45 bits per heavy atom. The highest BCUT2D eigenvalue weighted by molar-refractivity contribution is 5.88. The zero-order valence-electron chi connectivity index (χ0n) is 17.4. The maximum atomic E-state index is 13.9. The molecule has 3 aromatic rings. The highest BCUT2D eigenvalue weighted by Crippen LogP contribution is 2.42. The van der Waals surface area contributed by atoms with Crippen LogP contribution in [0.1, 0.15) is 22.6 Å². The van der Waals surface area contributed by atoms with E-state index >= 15 is 0 Å². The summed E-state index contributed by atoms with van der Waals surface area (Å²) < 4.78 is 6.37. The first-order valence-electron chi connectivity index (χ1n) is 10.7. The number of rotatable bonds is 5. The summed E-state index contributed by atoms with van der Waals surface area (Å²) >= 11 is 0. The lowest BCUT2D eigenvalue weighted by atomic mass is 9.83. The fraction of sp³-hybridized carbons (Fsp3) is 0.320. The topological polar surface area (TPSA) is 58.6 Å². The van der Waals surface area contributed by atoms with Crippen LogP contribution >= 0.6 is 0 Å². The van der Waals surface area contributed by atoms with Gasteiger partial charge < -0.3 is 9.64 Å². The molecule has 0 radical (unpaired) electrons. The SMILES string of the molecule is O=C1N(Cc2ccccc2)CCO[C@@]12CN(Cc1cccnc1)C[C@H]2c1cccnc1. The van der Waals surface area contributed by atoms with Gasteiger partial charge in [-0.2, -0.15) is 0 Å². The standard InChI is InChI=1S/C25H26N4O2/c30-24-25(31-13-12-29(24)17-20-6-2-1-3-7-20)19-28(16-21-8-4-10-26-14-21)18-23(25)22-9-5-11-27-15-22/h1-11,14-15,23H,12-13,16-19H2/t23-,25+/m0/s1. The number of pyridine rings is 2. The second kappa shape index (κ2) is 8.57. The lowest BCUT2D eigenvalue weighted by Crippen LogP contribution is -2.59. The summed E-state index contributed by atoms with van der Waals surface area (Å²) in [5.74, 6) is 0.00841. The van der Waals surface area contributed by atoms with E-state index in [9.17, 15) is 4.79 Å². The van der Waals surface area contributed by atoms with Crippen LogP contribution in [0.25, 0.3) is 0 Å². The monoisotopic (exact) mass is 414 g/mol. The number of amides is 1. The van der Waals surface area contributed by atoms with Gasteiger partial charge in [-0.15, -0.1) is 0 Å². The van der Waals surface area contributed by atoms with E-state index in [0.29, 0.717) is 26.2 Å². The minimum absolute atomic E-state index is 0.0658. The second-order valence-electron chi connectivity index (χ2n) is 8.32. The van der Waals surface area contributed by atoms with Crippen LogP contribution in [0.5, 0.6) is 0 Å². The molecule has 1 amide bonds. The average molecular weight is 415 g/mol. The number of ether oxygens (including phenoxy) is 1. The number of likely N-dealkylation sites (tertiary alicyclic amines) is 1. The normalized spacial score (nSPS) is 24.1. The molecule has 2 aromatic heterocycles. The van der Waals surface area contributed by atoms with Gasteiger partial charge in [-0.1, -0.05) is 42.5 Å². The molecule has 31 heavy (non-hydrogen) atoms. The molecule has 0 aliphatic carbocycles. The van der Waals surface area contributed by atoms with Crippen molar-refractivity contribution in [2.45, 2.75) is 24.6 Å². The molecule has 6 nitrogen and oxygen atoms in total. The van der Waals surface area contributed by atoms with Gasteiger partial charge in [0, 0.05) is 63.4 Å². The summed E-state index contributed by atoms with van der Waals surface area (Å²) in [6.07, 6.45) is 7.30. The van der Waals surface area contributed by atoms with Crippen LogP contribution in [-0.2, 0) is 22.6 Å². The Balaban J connectivity index is 1.45. The first kappa shape index (κ1) is 19.8. The lowest BCUT2D eigenvalue weighted by molar-refractivity contribution is -0.173. The van der Waals surface area contributed by atoms with Gasteiger partial charge in [-0.05, 0) is 28.8 Å². The first-order chi connectivity index (χ1) is 15.2. The number of carbonyl (C=O) groups is 1. The maximum absolute atomic E-state index is 13.9. The Bertz CT molecular complexity index is 1020. The highest BCUT2D eigenvalue weighted by Gasteiger charge is 2.56. The van der Waals surface area contributed by atoms with Gasteiger partial charge in [0.05, 0.1) is 6.61 Å². The molecule has 0 N–H and O–H groups in total. The number of benzene rings is 1. The van der Waals surface area contributed by atoms with Crippen molar-refractivity contribution in [2.75, 3.05) is 26.2 Å². The Morgan fingerprint density at radius 1 is 0.935 bits per heavy atom. The van der Waals surface area contributed by atoms with Gasteiger partial charge in [0.2, 0.25) is 0 Å². The lowest BCUT2D eigenvalue weighted by Gasteiger charge is -2.42. The van der Waals surface area contributed by atoms with Crippen molar-refractivity contribution >= 4 is 5.91 Å². The predicted octanol–water partition coefficient (Wildman–Crippen LogP) is 2.87. The van der Waals surface area contributed by atoms with E-state index < -0.39 is 5.60 Å². The Morgan fingerprint density at radius 2 is 1.71 bits per heavy atom. The van der Waals surface area contributed by atoms with Crippen LogP contribution in [0.3, 0.4) is 0 Å². The quantitative estimate of drug-likeness (QED) is 0.643. The van der Waals surface area contributed by atoms with Crippen molar-refractivity contribution in [1.29, 1.82) is 0 Å². The third-order valence-corrected chi connectivity index (χ3v) is 6.26. The fourth-order valence-corrected chi connectivity index (χ4v) is 4.83. The molecule has 0 bridgehead atoms. The molecule has 6 heteroatoms. The van der Waals surface area contributed by atoms with Crippen molar-refractivity contribution in [3.63, 3.8) is 0 Å². The van der Waals surface area contributed by atoms with Crippen molar-refractivity contribution in [3.05, 3.63) is 96.1 Å². The summed E-state index contributed by atoms with van der Waals surface area (Å²) in [4.78, 5) is 26.7. The van der Waals surface area contributed by atoms with Gasteiger partial charge in [-0.25, -0.2) is 0 Å². The fourth-order valence-electron chi connectivity index (χ4n) is 4.83. The van der Waals surface area contributed by atoms with Crippen molar-refractivity contribution in [1.82, 2.24) is 19.8 Å². The second-order valence-corrected chi connectivity index (χ2v) is 8.32. The zero-order valence-corrected chi connectivity index (χ0v) is 17.4. The molecule has 0 unspecified atom stereocenters. The maximum Gasteiger partial charge on any atom is 0.257 e. The minimum atomic E-state index is -0.891. The Labute approximate surface area is 182 Å². The molecule has 0 saturated carbocycles. The van der Waals surface area contributed by atoms with Gasteiger partial charge in [-0.3, -0.25) is 19.7 Å². The summed E-state index contributed by atoms with van der Waals surface area (Å²) in [7, 11) is 0. The van der Waals surface area contributed by atoms with Crippen LogP contribution in [0.4, 0.5) is 0 Å². The summed E-state index contributed by atoms with van der Waals surface area (Å²) in [6.45, 7) is 3.79. The van der Waals surface area contributed by atoms with E-state index in [2.05, 4.69) is 39.1 Å². The first-order valence-corrected chi connectivity index (χ1v) is 10.7. The van der Waals surface area contributed by atoms with Crippen LogP contribution in [-0.4, -0.2) is 57.5 Å². The number of nitrogens with zero attached hydrogens (tertiary/aromatic N) is 4. The number of hydrogen-bond acceptors (Lipinski definition) is 5. The van der Waals surface area contributed by atoms with E-state index in [0.717, 1.165) is 29.8 Å². The van der Waals surface area contributed by atoms with Gasteiger partial charge >= 0.3 is 0 Å². The van der Waals surface area contributed by atoms with E-state index in [4.69, 9.17) is 4.74 Å². The molecule has 1 aromatic carbocycles. The largest absolute Gasteiger partial charge is 0.361 e. The van der Waals surface area contributed by atoms with E-state index in [1.807, 2.05) is 47.6 Å². The van der Waals surface area contributed by atoms with E-state index in [1.54, 1.807) is 12.4 Å². The summed E-state index contributed by atoms with van der Waals surface area (Å²) in [6, 6.07) is 18.2. The van der Waals surface area contributed by atoms with Gasteiger partial charge in [0.1, 0.15) is 0 Å². The smallest absolute Gasteiger partial charge is 0.257 e. The molecule has 2 aliphatic heterocycles. The summed E-state index contributed by atoms with van der Waals surface area (Å²) in [5, 5.41) is 0. The molecule has 2 saturated heterocycles. The Hall–Kier alpha value is -3.09. The van der Waals surface area contributed by atoms with Crippen LogP contribution in [0.2, 0.25) is 0 Å². The average Bonchev–Trinajstić information content (AvgIpc) is 3.17. The third-order valence-electron chi connectivity index (χ3n) is 6.26. The molecule has 1 spiro atoms. The number of aromatic nitrogens is 2. The number of carbonyl (C=O) groups excluding carboxylic acids is 1. The van der Waals surface area contributed by atoms with Crippen LogP contribution in [0.15, 0.2) is 79.4 Å². The summed E-state index contributed by atoms with van der Waals surface area (Å²) in [5.41, 5.74) is 2.43. The van der Waals surface area contributed by atoms with Crippen LogP contribution < -0.4 is 0 Å². The molecule has 2 aliphatic rings. The third kappa shape index (κ3) is 3.96. The molecular formula is C25H26N4O2. The number of morpholine rings is 1. The molecule has 2 fully saturated rings. The molecule has 5 rings (SSSR count). The molecule has 158 valence electrons. The Kier molecular flexibility index (Phi) is 5.49. The van der Waals surface area contributed by atoms with Crippen molar-refractivity contribution in [3.8, 4) is 0 Å². The molecule has 2 atom stereocenters.